The van der Waals surface area contributed by atoms with E-state index in [4.69, 9.17) is 4.74 Å². The molecule has 0 radical (unpaired) electrons. The van der Waals surface area contributed by atoms with E-state index in [1.807, 2.05) is 24.3 Å². The maximum absolute atomic E-state index is 11.5. The third-order valence-corrected chi connectivity index (χ3v) is 3.91. The quantitative estimate of drug-likeness (QED) is 0.839. The Labute approximate surface area is 120 Å². The van der Waals surface area contributed by atoms with Crippen LogP contribution in [0, 0.1) is 11.8 Å². The second kappa shape index (κ2) is 6.75. The van der Waals surface area contributed by atoms with Crippen molar-refractivity contribution in [2.75, 3.05) is 24.4 Å². The normalized spacial score (nSPS) is 21.4. The van der Waals surface area contributed by atoms with Crippen molar-refractivity contribution < 1.29 is 9.53 Å². The zero-order chi connectivity index (χ0) is 14.5. The van der Waals surface area contributed by atoms with Gasteiger partial charge in [0.25, 0.3) is 0 Å². The van der Waals surface area contributed by atoms with Crippen molar-refractivity contribution in [3.63, 3.8) is 0 Å². The molecule has 110 valence electrons. The van der Waals surface area contributed by atoms with Crippen molar-refractivity contribution in [3.05, 3.63) is 24.3 Å². The number of amides is 1. The molecular formula is C16H24N2O2. The summed E-state index contributed by atoms with van der Waals surface area (Å²) in [5.74, 6) is 1.48. The molecule has 0 saturated heterocycles. The van der Waals surface area contributed by atoms with Crippen molar-refractivity contribution in [2.24, 2.45) is 11.8 Å². The fraction of sp³-hybridized carbons (Fsp3) is 0.562. The molecule has 1 aromatic carbocycles. The summed E-state index contributed by atoms with van der Waals surface area (Å²) in [4.78, 5) is 11.5. The van der Waals surface area contributed by atoms with Crippen LogP contribution >= 0.6 is 0 Å². The van der Waals surface area contributed by atoms with Gasteiger partial charge in [0.2, 0.25) is 5.91 Å². The van der Waals surface area contributed by atoms with Gasteiger partial charge in [-0.25, -0.2) is 0 Å². The predicted molar refractivity (Wildman–Crippen MR) is 81.9 cm³/mol. The number of nitrogens with one attached hydrogen (secondary N) is 2. The Morgan fingerprint density at radius 3 is 2.70 bits per heavy atom. The molecule has 1 aliphatic rings. The van der Waals surface area contributed by atoms with Gasteiger partial charge >= 0.3 is 0 Å². The summed E-state index contributed by atoms with van der Waals surface area (Å²) in [6, 6.07) is 8.40. The number of benzene rings is 1. The van der Waals surface area contributed by atoms with E-state index >= 15 is 0 Å². The fourth-order valence-electron chi connectivity index (χ4n) is 2.57. The van der Waals surface area contributed by atoms with Crippen molar-refractivity contribution in [1.29, 1.82) is 0 Å². The number of hydrogen-bond donors (Lipinski definition) is 2. The van der Waals surface area contributed by atoms with Gasteiger partial charge in [0.05, 0.1) is 0 Å². The van der Waals surface area contributed by atoms with E-state index in [0.717, 1.165) is 23.2 Å². The summed E-state index contributed by atoms with van der Waals surface area (Å²) < 4.78 is 4.80. The minimum absolute atomic E-state index is 0.0797. The average Bonchev–Trinajstić information content (AvgIpc) is 2.33. The van der Waals surface area contributed by atoms with E-state index in [1.54, 1.807) is 0 Å². The summed E-state index contributed by atoms with van der Waals surface area (Å²) in [5.41, 5.74) is 1.87. The van der Waals surface area contributed by atoms with Crippen LogP contribution in [0.3, 0.4) is 0 Å². The van der Waals surface area contributed by atoms with Gasteiger partial charge in [0, 0.05) is 24.5 Å². The number of carbonyl (C=O) groups excluding carboxylic acids is 1. The Morgan fingerprint density at radius 2 is 2.05 bits per heavy atom. The first-order valence-electron chi connectivity index (χ1n) is 7.24. The maximum Gasteiger partial charge on any atom is 0.250 e. The van der Waals surface area contributed by atoms with Crippen molar-refractivity contribution in [3.8, 4) is 0 Å². The highest BCUT2D eigenvalue weighted by Crippen LogP contribution is 2.35. The molecule has 1 amide bonds. The first kappa shape index (κ1) is 14.9. The SMILES string of the molecule is COCC(=O)Nc1cccc(NC2CC(C(C)C)C2)c1. The molecular weight excluding hydrogens is 252 g/mol. The van der Waals surface area contributed by atoms with Crippen molar-refractivity contribution in [2.45, 2.75) is 32.7 Å². The minimum atomic E-state index is -0.131. The zero-order valence-corrected chi connectivity index (χ0v) is 12.5. The largest absolute Gasteiger partial charge is 0.382 e. The number of carbonyl (C=O) groups is 1. The van der Waals surface area contributed by atoms with E-state index < -0.39 is 0 Å². The molecule has 0 unspecified atom stereocenters. The lowest BCUT2D eigenvalue weighted by Gasteiger charge is -2.39. The average molecular weight is 276 g/mol. The molecule has 0 bridgehead atoms. The van der Waals surface area contributed by atoms with E-state index in [2.05, 4.69) is 24.5 Å². The van der Waals surface area contributed by atoms with Crippen LogP contribution in [0.4, 0.5) is 11.4 Å². The Balaban J connectivity index is 1.86. The molecule has 20 heavy (non-hydrogen) atoms. The highest BCUT2D eigenvalue weighted by Gasteiger charge is 2.30. The Bertz CT molecular complexity index is 454. The molecule has 1 aliphatic carbocycles. The van der Waals surface area contributed by atoms with Gasteiger partial charge in [0.1, 0.15) is 6.61 Å². The lowest BCUT2D eigenvalue weighted by atomic mass is 9.73. The molecule has 2 rings (SSSR count). The van der Waals surface area contributed by atoms with Gasteiger partial charge in [-0.05, 0) is 42.9 Å². The number of hydrogen-bond acceptors (Lipinski definition) is 3. The molecule has 4 heteroatoms. The molecule has 0 aliphatic heterocycles. The van der Waals surface area contributed by atoms with Crippen LogP contribution in [0.5, 0.6) is 0 Å². The van der Waals surface area contributed by atoms with Crippen molar-refractivity contribution in [1.82, 2.24) is 0 Å². The van der Waals surface area contributed by atoms with Crippen LogP contribution in [0.2, 0.25) is 0 Å². The standard InChI is InChI=1S/C16H24N2O2/c1-11(2)12-7-15(8-12)17-13-5-4-6-14(9-13)18-16(19)10-20-3/h4-6,9,11-12,15,17H,7-8,10H2,1-3H3,(H,18,19). The molecule has 0 atom stereocenters. The van der Waals surface area contributed by atoms with Crippen LogP contribution in [-0.2, 0) is 9.53 Å². The van der Waals surface area contributed by atoms with Crippen LogP contribution in [-0.4, -0.2) is 25.7 Å². The van der Waals surface area contributed by atoms with Gasteiger partial charge in [0.15, 0.2) is 0 Å². The van der Waals surface area contributed by atoms with Crippen LogP contribution < -0.4 is 10.6 Å². The topological polar surface area (TPSA) is 50.4 Å². The maximum atomic E-state index is 11.5. The van der Waals surface area contributed by atoms with Crippen LogP contribution in [0.1, 0.15) is 26.7 Å². The predicted octanol–water partition coefficient (Wildman–Crippen LogP) is 3.12. The molecule has 2 N–H and O–H groups in total. The summed E-state index contributed by atoms with van der Waals surface area (Å²) in [7, 11) is 1.51. The third kappa shape index (κ3) is 3.97. The van der Waals surface area contributed by atoms with Gasteiger partial charge in [-0.1, -0.05) is 19.9 Å². The van der Waals surface area contributed by atoms with E-state index in [0.29, 0.717) is 6.04 Å². The Hall–Kier alpha value is -1.55. The van der Waals surface area contributed by atoms with Gasteiger partial charge in [-0.3, -0.25) is 4.79 Å². The highest BCUT2D eigenvalue weighted by molar-refractivity contribution is 5.92. The summed E-state index contributed by atoms with van der Waals surface area (Å²) in [6.45, 7) is 4.65. The van der Waals surface area contributed by atoms with Gasteiger partial charge < -0.3 is 15.4 Å². The fourth-order valence-corrected chi connectivity index (χ4v) is 2.57. The first-order valence-corrected chi connectivity index (χ1v) is 7.24. The number of ether oxygens (including phenoxy) is 1. The van der Waals surface area contributed by atoms with Crippen LogP contribution in [0.25, 0.3) is 0 Å². The van der Waals surface area contributed by atoms with E-state index in [9.17, 15) is 4.79 Å². The smallest absolute Gasteiger partial charge is 0.250 e. The molecule has 0 spiro atoms. The van der Waals surface area contributed by atoms with Crippen LogP contribution in [0.15, 0.2) is 24.3 Å². The third-order valence-electron chi connectivity index (χ3n) is 3.91. The van der Waals surface area contributed by atoms with Crippen molar-refractivity contribution >= 4 is 17.3 Å². The molecule has 0 aromatic heterocycles. The summed E-state index contributed by atoms with van der Waals surface area (Å²) in [6.07, 6.45) is 2.47. The molecule has 1 aromatic rings. The van der Waals surface area contributed by atoms with Gasteiger partial charge in [-0.15, -0.1) is 0 Å². The Kier molecular flexibility index (Phi) is 5.01. The van der Waals surface area contributed by atoms with E-state index in [1.165, 1.54) is 20.0 Å². The van der Waals surface area contributed by atoms with Gasteiger partial charge in [-0.2, -0.15) is 0 Å². The number of anilines is 2. The van der Waals surface area contributed by atoms with E-state index in [-0.39, 0.29) is 12.5 Å². The molecule has 0 heterocycles. The lowest BCUT2D eigenvalue weighted by molar-refractivity contribution is -0.119. The molecule has 4 nitrogen and oxygen atoms in total. The molecule has 1 fully saturated rings. The number of methoxy groups -OCH3 is 1. The lowest BCUT2D eigenvalue weighted by Crippen LogP contribution is -2.37. The Morgan fingerprint density at radius 1 is 1.35 bits per heavy atom. The second-order valence-electron chi connectivity index (χ2n) is 5.88. The first-order chi connectivity index (χ1) is 9.58. The zero-order valence-electron chi connectivity index (χ0n) is 12.5. The summed E-state index contributed by atoms with van der Waals surface area (Å²) in [5, 5.41) is 6.34. The molecule has 1 saturated carbocycles. The highest BCUT2D eigenvalue weighted by atomic mass is 16.5. The number of rotatable bonds is 6. The minimum Gasteiger partial charge on any atom is -0.382 e. The second-order valence-corrected chi connectivity index (χ2v) is 5.88. The monoisotopic (exact) mass is 276 g/mol. The summed E-state index contributed by atoms with van der Waals surface area (Å²) >= 11 is 0.